The number of aliphatic imine (C=N–C) groups is 1. The van der Waals surface area contributed by atoms with Gasteiger partial charge in [0.05, 0.1) is 27.9 Å². The summed E-state index contributed by atoms with van der Waals surface area (Å²) in [7, 11) is 0. The Bertz CT molecular complexity index is 1160. The highest BCUT2D eigenvalue weighted by atomic mass is 35.5. The van der Waals surface area contributed by atoms with E-state index in [1.54, 1.807) is 49.6 Å². The number of pyridine rings is 1. The predicted octanol–water partition coefficient (Wildman–Crippen LogP) is 6.43. The molecule has 0 aliphatic rings. The molecule has 8 heteroatoms. The van der Waals surface area contributed by atoms with Crippen molar-refractivity contribution in [3.8, 4) is 11.1 Å². The number of aliphatic hydroxyl groups excluding tert-OH is 1. The first-order valence-corrected chi connectivity index (χ1v) is 9.96. The molecule has 3 rings (SSSR count). The van der Waals surface area contributed by atoms with Crippen LogP contribution in [0.1, 0.15) is 12.5 Å². The topological polar surface area (TPSA) is 71.8 Å². The zero-order chi connectivity index (χ0) is 22.4. The molecule has 158 valence electrons. The summed E-state index contributed by atoms with van der Waals surface area (Å²) in [5.74, 6) is -2.15. The van der Waals surface area contributed by atoms with Gasteiger partial charge in [-0.2, -0.15) is 0 Å². The minimum absolute atomic E-state index is 0.0691. The molecule has 1 aromatic heterocycles. The standard InChI is InChI=1S/C23H17Cl2FN2O3/c1-2-31-23(30)18(13-28-16-4-6-19(24)20(25)12-16)22(29)17-5-3-15(11-21(17)26)14-7-9-27-10-8-14/h3-13,29H,2H2,1H3/b22-18-,28-13?. The predicted molar refractivity (Wildman–Crippen MR) is 120 cm³/mol. The molecule has 0 spiro atoms. The van der Waals surface area contributed by atoms with Gasteiger partial charge in [0.25, 0.3) is 0 Å². The third-order valence-corrected chi connectivity index (χ3v) is 4.97. The van der Waals surface area contributed by atoms with E-state index in [0.717, 1.165) is 11.8 Å². The molecular weight excluding hydrogens is 442 g/mol. The third kappa shape index (κ3) is 5.48. The van der Waals surface area contributed by atoms with Crippen molar-refractivity contribution >= 4 is 46.8 Å². The SMILES string of the molecule is CCOC(=O)/C(C=Nc1ccc(Cl)c(Cl)c1)=C(\O)c1ccc(-c2ccncc2)cc1F. The van der Waals surface area contributed by atoms with Gasteiger partial charge in [-0.1, -0.05) is 29.3 Å². The number of hydrogen-bond acceptors (Lipinski definition) is 5. The minimum atomic E-state index is -0.846. The van der Waals surface area contributed by atoms with Gasteiger partial charge in [0.1, 0.15) is 17.1 Å². The van der Waals surface area contributed by atoms with Crippen LogP contribution in [0.5, 0.6) is 0 Å². The lowest BCUT2D eigenvalue weighted by molar-refractivity contribution is -0.137. The van der Waals surface area contributed by atoms with Gasteiger partial charge in [-0.05, 0) is 60.5 Å². The van der Waals surface area contributed by atoms with Crippen LogP contribution in [0.2, 0.25) is 10.0 Å². The van der Waals surface area contributed by atoms with Gasteiger partial charge in [-0.15, -0.1) is 0 Å². The van der Waals surface area contributed by atoms with Crippen molar-refractivity contribution in [2.75, 3.05) is 6.61 Å². The lowest BCUT2D eigenvalue weighted by atomic mass is 10.0. The fraction of sp³-hybridized carbons (Fsp3) is 0.0870. The summed E-state index contributed by atoms with van der Waals surface area (Å²) in [6.07, 6.45) is 4.29. The molecule has 5 nitrogen and oxygen atoms in total. The molecule has 0 fully saturated rings. The van der Waals surface area contributed by atoms with E-state index in [4.69, 9.17) is 27.9 Å². The molecule has 3 aromatic rings. The highest BCUT2D eigenvalue weighted by Crippen LogP contribution is 2.28. The number of esters is 1. The van der Waals surface area contributed by atoms with Crippen LogP contribution in [0.25, 0.3) is 16.9 Å². The van der Waals surface area contributed by atoms with Crippen molar-refractivity contribution in [1.29, 1.82) is 0 Å². The number of ether oxygens (including phenoxy) is 1. The molecular formula is C23H17Cl2FN2O3. The summed E-state index contributed by atoms with van der Waals surface area (Å²) in [5.41, 5.74) is 1.27. The number of halogens is 3. The van der Waals surface area contributed by atoms with Crippen molar-refractivity contribution in [2.24, 2.45) is 4.99 Å². The zero-order valence-corrected chi connectivity index (χ0v) is 17.9. The monoisotopic (exact) mass is 458 g/mol. The number of aromatic nitrogens is 1. The Hall–Kier alpha value is -3.22. The highest BCUT2D eigenvalue weighted by Gasteiger charge is 2.19. The second kappa shape index (κ2) is 10.2. The normalized spacial score (nSPS) is 12.0. The highest BCUT2D eigenvalue weighted by molar-refractivity contribution is 6.42. The quantitative estimate of drug-likeness (QED) is 0.200. The molecule has 0 saturated carbocycles. The summed E-state index contributed by atoms with van der Waals surface area (Å²) in [6, 6.07) is 12.4. The Morgan fingerprint density at radius 2 is 1.84 bits per heavy atom. The van der Waals surface area contributed by atoms with Crippen molar-refractivity contribution < 1.29 is 19.0 Å². The molecule has 0 aliphatic carbocycles. The van der Waals surface area contributed by atoms with Crippen LogP contribution in [0, 0.1) is 5.82 Å². The second-order valence-electron chi connectivity index (χ2n) is 6.27. The third-order valence-electron chi connectivity index (χ3n) is 4.23. The molecule has 0 atom stereocenters. The van der Waals surface area contributed by atoms with Gasteiger partial charge in [0, 0.05) is 18.6 Å². The minimum Gasteiger partial charge on any atom is -0.506 e. The number of carbonyl (C=O) groups is 1. The van der Waals surface area contributed by atoms with E-state index in [-0.39, 0.29) is 22.8 Å². The fourth-order valence-corrected chi connectivity index (χ4v) is 2.99. The number of benzene rings is 2. The Balaban J connectivity index is 2.02. The van der Waals surface area contributed by atoms with Crippen LogP contribution in [-0.2, 0) is 9.53 Å². The summed E-state index contributed by atoms with van der Waals surface area (Å²) >= 11 is 11.9. The van der Waals surface area contributed by atoms with Crippen LogP contribution < -0.4 is 0 Å². The number of carbonyl (C=O) groups excluding carboxylic acids is 1. The number of rotatable bonds is 6. The molecule has 31 heavy (non-hydrogen) atoms. The average Bonchev–Trinajstić information content (AvgIpc) is 2.77. The summed E-state index contributed by atoms with van der Waals surface area (Å²) in [5, 5.41) is 11.3. The van der Waals surface area contributed by atoms with Gasteiger partial charge in [0.2, 0.25) is 0 Å². The van der Waals surface area contributed by atoms with Crippen LogP contribution in [0.4, 0.5) is 10.1 Å². The van der Waals surface area contributed by atoms with Gasteiger partial charge < -0.3 is 9.84 Å². The van der Waals surface area contributed by atoms with E-state index in [9.17, 15) is 14.3 Å². The first-order chi connectivity index (χ1) is 14.9. The first kappa shape index (κ1) is 22.5. The lowest BCUT2D eigenvalue weighted by Crippen LogP contribution is -2.11. The maximum Gasteiger partial charge on any atom is 0.343 e. The van der Waals surface area contributed by atoms with E-state index in [0.29, 0.717) is 16.3 Å². The molecule has 0 amide bonds. The summed E-state index contributed by atoms with van der Waals surface area (Å²) < 4.78 is 19.8. The molecule has 0 bridgehead atoms. The summed E-state index contributed by atoms with van der Waals surface area (Å²) in [4.78, 5) is 20.5. The number of hydrogen-bond donors (Lipinski definition) is 1. The van der Waals surface area contributed by atoms with Crippen LogP contribution >= 0.6 is 23.2 Å². The van der Waals surface area contributed by atoms with Crippen LogP contribution in [0.3, 0.4) is 0 Å². The van der Waals surface area contributed by atoms with E-state index < -0.39 is 17.5 Å². The van der Waals surface area contributed by atoms with Gasteiger partial charge in [-0.25, -0.2) is 9.18 Å². The molecule has 1 heterocycles. The molecule has 0 aliphatic heterocycles. The van der Waals surface area contributed by atoms with E-state index >= 15 is 0 Å². The smallest absolute Gasteiger partial charge is 0.343 e. The molecule has 0 unspecified atom stereocenters. The van der Waals surface area contributed by atoms with Crippen LogP contribution in [-0.4, -0.2) is 28.9 Å². The van der Waals surface area contributed by atoms with E-state index in [1.165, 1.54) is 18.2 Å². The van der Waals surface area contributed by atoms with E-state index in [2.05, 4.69) is 9.98 Å². The van der Waals surface area contributed by atoms with Crippen molar-refractivity contribution in [2.45, 2.75) is 6.92 Å². The Kier molecular flexibility index (Phi) is 7.39. The average molecular weight is 459 g/mol. The van der Waals surface area contributed by atoms with Gasteiger partial charge >= 0.3 is 5.97 Å². The van der Waals surface area contributed by atoms with Gasteiger partial charge in [-0.3, -0.25) is 9.98 Å². The van der Waals surface area contributed by atoms with Gasteiger partial charge in [0.15, 0.2) is 0 Å². The second-order valence-corrected chi connectivity index (χ2v) is 7.08. The maximum atomic E-state index is 14.8. The molecule has 0 saturated heterocycles. The largest absolute Gasteiger partial charge is 0.506 e. The lowest BCUT2D eigenvalue weighted by Gasteiger charge is -2.09. The Morgan fingerprint density at radius 3 is 2.48 bits per heavy atom. The summed E-state index contributed by atoms with van der Waals surface area (Å²) in [6.45, 7) is 1.69. The number of nitrogens with zero attached hydrogens (tertiary/aromatic N) is 2. The molecule has 1 N–H and O–H groups in total. The van der Waals surface area contributed by atoms with Crippen molar-refractivity contribution in [3.05, 3.63) is 87.9 Å². The zero-order valence-electron chi connectivity index (χ0n) is 16.3. The van der Waals surface area contributed by atoms with Crippen molar-refractivity contribution in [3.63, 3.8) is 0 Å². The molecule has 0 radical (unpaired) electrons. The Labute approximate surface area is 188 Å². The maximum absolute atomic E-state index is 14.8. The van der Waals surface area contributed by atoms with Crippen molar-refractivity contribution in [1.82, 2.24) is 4.98 Å². The fourth-order valence-electron chi connectivity index (χ4n) is 2.70. The Morgan fingerprint density at radius 1 is 1.10 bits per heavy atom. The van der Waals surface area contributed by atoms with E-state index in [1.807, 2.05) is 0 Å². The first-order valence-electron chi connectivity index (χ1n) is 9.20. The number of aliphatic hydroxyl groups is 1. The van der Waals surface area contributed by atoms with Crippen LogP contribution in [0.15, 0.2) is 71.5 Å². The molecule has 2 aromatic carbocycles.